The molecular formula is C23H15BrCl2N2O2. The minimum Gasteiger partial charge on any atom is -0.486 e. The first kappa shape index (κ1) is 21.9. The number of carbonyl (C=O) groups is 1. The first-order valence-electron chi connectivity index (χ1n) is 8.81. The van der Waals surface area contributed by atoms with Gasteiger partial charge >= 0.3 is 0 Å². The fourth-order valence-electron chi connectivity index (χ4n) is 2.57. The Hall–Kier alpha value is -2.78. The molecule has 0 bridgehead atoms. The topological polar surface area (TPSA) is 62.1 Å². The predicted molar refractivity (Wildman–Crippen MR) is 124 cm³/mol. The van der Waals surface area contributed by atoms with Gasteiger partial charge in [0.15, 0.2) is 5.75 Å². The van der Waals surface area contributed by atoms with Crippen molar-refractivity contribution in [1.82, 2.24) is 0 Å². The third-order valence-corrected chi connectivity index (χ3v) is 5.15. The Kier molecular flexibility index (Phi) is 7.53. The number of halogens is 3. The van der Waals surface area contributed by atoms with Crippen molar-refractivity contribution in [3.63, 3.8) is 0 Å². The van der Waals surface area contributed by atoms with E-state index >= 15 is 0 Å². The molecule has 1 N–H and O–H groups in total. The zero-order valence-corrected chi connectivity index (χ0v) is 18.6. The third-order valence-electron chi connectivity index (χ3n) is 4.02. The number of carbonyl (C=O) groups excluding carboxylic acids is 1. The first-order chi connectivity index (χ1) is 14.5. The molecular weight excluding hydrogens is 487 g/mol. The van der Waals surface area contributed by atoms with Gasteiger partial charge in [0.25, 0.3) is 5.91 Å². The lowest BCUT2D eigenvalue weighted by molar-refractivity contribution is -0.112. The summed E-state index contributed by atoms with van der Waals surface area (Å²) in [6.07, 6.45) is 1.47. The molecule has 7 heteroatoms. The molecule has 3 aromatic rings. The van der Waals surface area contributed by atoms with Gasteiger partial charge in [0.2, 0.25) is 0 Å². The van der Waals surface area contributed by atoms with Crippen LogP contribution in [0.3, 0.4) is 0 Å². The summed E-state index contributed by atoms with van der Waals surface area (Å²) >= 11 is 15.7. The lowest BCUT2D eigenvalue weighted by Gasteiger charge is -2.11. The van der Waals surface area contributed by atoms with Crippen molar-refractivity contribution < 1.29 is 9.53 Å². The van der Waals surface area contributed by atoms with Gasteiger partial charge < -0.3 is 10.1 Å². The van der Waals surface area contributed by atoms with E-state index < -0.39 is 5.91 Å². The van der Waals surface area contributed by atoms with Crippen LogP contribution in [0.2, 0.25) is 10.0 Å². The van der Waals surface area contributed by atoms with E-state index in [0.29, 0.717) is 38.1 Å². The van der Waals surface area contributed by atoms with E-state index in [1.807, 2.05) is 24.3 Å². The monoisotopic (exact) mass is 500 g/mol. The zero-order chi connectivity index (χ0) is 21.5. The molecule has 0 atom stereocenters. The van der Waals surface area contributed by atoms with E-state index in [9.17, 15) is 10.1 Å². The SMILES string of the molecule is N#CC(=Cc1cc(Cl)c(OCc2ccc(Cl)cc2)c(Br)c1)C(=O)Nc1ccccc1. The molecule has 0 saturated carbocycles. The summed E-state index contributed by atoms with van der Waals surface area (Å²) in [6.45, 7) is 0.313. The molecule has 3 rings (SSSR count). The summed E-state index contributed by atoms with van der Waals surface area (Å²) in [5.74, 6) is -0.0324. The average Bonchev–Trinajstić information content (AvgIpc) is 2.73. The molecule has 0 saturated heterocycles. The van der Waals surface area contributed by atoms with Gasteiger partial charge in [-0.3, -0.25) is 4.79 Å². The van der Waals surface area contributed by atoms with E-state index in [-0.39, 0.29) is 5.57 Å². The number of nitriles is 1. The molecule has 0 radical (unpaired) electrons. The Balaban J connectivity index is 1.76. The van der Waals surface area contributed by atoms with Crippen LogP contribution in [0.15, 0.2) is 76.8 Å². The van der Waals surface area contributed by atoms with Gasteiger partial charge in [-0.1, -0.05) is 53.5 Å². The number of anilines is 1. The van der Waals surface area contributed by atoms with Crippen LogP contribution in [-0.4, -0.2) is 5.91 Å². The quantitative estimate of drug-likeness (QED) is 0.295. The summed E-state index contributed by atoms with van der Waals surface area (Å²) in [7, 11) is 0. The molecule has 0 aliphatic rings. The van der Waals surface area contributed by atoms with Crippen molar-refractivity contribution in [3.8, 4) is 11.8 Å². The van der Waals surface area contributed by atoms with Crippen LogP contribution in [0.4, 0.5) is 5.69 Å². The van der Waals surface area contributed by atoms with Crippen LogP contribution in [-0.2, 0) is 11.4 Å². The molecule has 0 aliphatic heterocycles. The Bertz CT molecular complexity index is 1100. The lowest BCUT2D eigenvalue weighted by atomic mass is 10.1. The van der Waals surface area contributed by atoms with Gasteiger partial charge in [-0.2, -0.15) is 5.26 Å². The maximum absolute atomic E-state index is 12.4. The lowest BCUT2D eigenvalue weighted by Crippen LogP contribution is -2.13. The van der Waals surface area contributed by atoms with Crippen molar-refractivity contribution in [2.75, 3.05) is 5.32 Å². The minimum absolute atomic E-state index is 0.0448. The fraction of sp³-hybridized carbons (Fsp3) is 0.0435. The van der Waals surface area contributed by atoms with Crippen molar-refractivity contribution >= 4 is 56.8 Å². The van der Waals surface area contributed by atoms with Crippen molar-refractivity contribution in [2.24, 2.45) is 0 Å². The number of ether oxygens (including phenoxy) is 1. The van der Waals surface area contributed by atoms with Gasteiger partial charge in [-0.25, -0.2) is 0 Å². The Morgan fingerprint density at radius 2 is 1.80 bits per heavy atom. The zero-order valence-electron chi connectivity index (χ0n) is 15.5. The molecule has 0 aromatic heterocycles. The Morgan fingerprint density at radius 1 is 1.10 bits per heavy atom. The van der Waals surface area contributed by atoms with E-state index in [4.69, 9.17) is 27.9 Å². The second kappa shape index (κ2) is 10.3. The molecule has 0 heterocycles. The van der Waals surface area contributed by atoms with Crippen LogP contribution in [0.1, 0.15) is 11.1 Å². The summed E-state index contributed by atoms with van der Waals surface area (Å²) in [6, 6.07) is 21.5. The third kappa shape index (κ3) is 5.87. The fourth-order valence-corrected chi connectivity index (χ4v) is 3.69. The molecule has 3 aromatic carbocycles. The maximum atomic E-state index is 12.4. The average molecular weight is 502 g/mol. The number of amides is 1. The standard InChI is InChI=1S/C23H15BrCl2N2O2/c24-20-11-16(10-17(13-27)23(29)28-19-4-2-1-3-5-19)12-21(26)22(20)30-14-15-6-8-18(25)9-7-15/h1-12H,14H2,(H,28,29). The maximum Gasteiger partial charge on any atom is 0.266 e. The van der Waals surface area contributed by atoms with Gasteiger partial charge in [0.05, 0.1) is 9.50 Å². The van der Waals surface area contributed by atoms with Crippen LogP contribution < -0.4 is 10.1 Å². The van der Waals surface area contributed by atoms with E-state index in [1.54, 1.807) is 48.5 Å². The molecule has 30 heavy (non-hydrogen) atoms. The van der Waals surface area contributed by atoms with Gasteiger partial charge in [-0.15, -0.1) is 0 Å². The van der Waals surface area contributed by atoms with Crippen molar-refractivity contribution in [1.29, 1.82) is 5.26 Å². The number of benzene rings is 3. The minimum atomic E-state index is -0.501. The van der Waals surface area contributed by atoms with Gasteiger partial charge in [0, 0.05) is 10.7 Å². The number of nitrogens with one attached hydrogen (secondary N) is 1. The molecule has 0 spiro atoms. The number of hydrogen-bond acceptors (Lipinski definition) is 3. The smallest absolute Gasteiger partial charge is 0.266 e. The summed E-state index contributed by atoms with van der Waals surface area (Å²) < 4.78 is 6.43. The van der Waals surface area contributed by atoms with Crippen LogP contribution >= 0.6 is 39.1 Å². The van der Waals surface area contributed by atoms with E-state index in [0.717, 1.165) is 5.56 Å². The molecule has 0 fully saturated rings. The van der Waals surface area contributed by atoms with Crippen LogP contribution in [0.5, 0.6) is 5.75 Å². The van der Waals surface area contributed by atoms with Crippen LogP contribution in [0, 0.1) is 11.3 Å². The number of hydrogen-bond donors (Lipinski definition) is 1. The summed E-state index contributed by atoms with van der Waals surface area (Å²) in [4.78, 5) is 12.4. The van der Waals surface area contributed by atoms with Gasteiger partial charge in [0.1, 0.15) is 18.2 Å². The highest BCUT2D eigenvalue weighted by Crippen LogP contribution is 2.35. The van der Waals surface area contributed by atoms with Gasteiger partial charge in [-0.05, 0) is 69.5 Å². The van der Waals surface area contributed by atoms with E-state index in [2.05, 4.69) is 21.2 Å². The molecule has 150 valence electrons. The molecule has 4 nitrogen and oxygen atoms in total. The molecule has 0 aliphatic carbocycles. The van der Waals surface area contributed by atoms with Crippen molar-refractivity contribution in [2.45, 2.75) is 6.61 Å². The Labute approximate surface area is 192 Å². The number of para-hydroxylation sites is 1. The highest BCUT2D eigenvalue weighted by atomic mass is 79.9. The second-order valence-electron chi connectivity index (χ2n) is 6.22. The predicted octanol–water partition coefficient (Wildman–Crippen LogP) is 6.88. The Morgan fingerprint density at radius 3 is 2.43 bits per heavy atom. The second-order valence-corrected chi connectivity index (χ2v) is 7.92. The first-order valence-corrected chi connectivity index (χ1v) is 10.4. The van der Waals surface area contributed by atoms with E-state index in [1.165, 1.54) is 6.08 Å². The number of nitrogens with zero attached hydrogens (tertiary/aromatic N) is 1. The number of rotatable bonds is 6. The summed E-state index contributed by atoms with van der Waals surface area (Å²) in [5.41, 5.74) is 2.09. The normalized spacial score (nSPS) is 10.9. The largest absolute Gasteiger partial charge is 0.486 e. The van der Waals surface area contributed by atoms with Crippen molar-refractivity contribution in [3.05, 3.63) is 97.9 Å². The molecule has 1 amide bonds. The molecule has 0 unspecified atom stereocenters. The highest BCUT2D eigenvalue weighted by Gasteiger charge is 2.13. The van der Waals surface area contributed by atoms with Crippen LogP contribution in [0.25, 0.3) is 6.08 Å². The summed E-state index contributed by atoms with van der Waals surface area (Å²) in [5, 5.41) is 13.1. The highest BCUT2D eigenvalue weighted by molar-refractivity contribution is 9.10.